The van der Waals surface area contributed by atoms with Crippen molar-refractivity contribution < 1.29 is 37.7 Å². The average molecular weight is 747 g/mol. The summed E-state index contributed by atoms with van der Waals surface area (Å²) in [7, 11) is 0.963. The lowest BCUT2D eigenvalue weighted by Gasteiger charge is -2.40. The molecular weight excluding hydrogens is 685 g/mol. The van der Waals surface area contributed by atoms with Gasteiger partial charge in [-0.3, -0.25) is 9.59 Å². The molecule has 0 unspecified atom stereocenters. The topological polar surface area (TPSA) is 89.5 Å². The number of ether oxygens (including phenoxy) is 5. The summed E-state index contributed by atoms with van der Waals surface area (Å²) in [5.74, 6) is 1.27. The van der Waals surface area contributed by atoms with Crippen LogP contribution in [0.3, 0.4) is 0 Å². The van der Waals surface area contributed by atoms with Crippen molar-refractivity contribution in [3.05, 3.63) is 108 Å². The van der Waals surface area contributed by atoms with Crippen LogP contribution in [-0.2, 0) is 48.0 Å². The van der Waals surface area contributed by atoms with E-state index < -0.39 is 19.8 Å². The Morgan fingerprint density at radius 2 is 1.26 bits per heavy atom. The first-order chi connectivity index (χ1) is 25.0. The van der Waals surface area contributed by atoms with Crippen molar-refractivity contribution in [1.29, 1.82) is 0 Å². The Labute approximate surface area is 319 Å². The molecule has 9 heteroatoms. The normalized spacial score (nSPS) is 14.2. The van der Waals surface area contributed by atoms with Crippen LogP contribution in [0, 0.1) is 5.41 Å². The van der Waals surface area contributed by atoms with E-state index in [1.165, 1.54) is 0 Å². The number of carbonyl (C=O) groups excluding carboxylic acids is 2. The maximum Gasteiger partial charge on any atom is 0.192 e. The summed E-state index contributed by atoms with van der Waals surface area (Å²) in [6.45, 7) is 18.2. The van der Waals surface area contributed by atoms with Crippen LogP contribution in [0.25, 0.3) is 0 Å². The third kappa shape index (κ3) is 15.0. The Morgan fingerprint density at radius 3 is 1.81 bits per heavy atom. The van der Waals surface area contributed by atoms with Crippen LogP contribution in [-0.4, -0.2) is 59.0 Å². The van der Waals surface area contributed by atoms with Crippen LogP contribution < -0.4 is 9.47 Å². The van der Waals surface area contributed by atoms with E-state index in [1.54, 1.807) is 14.2 Å². The number of hydrogen-bond acceptors (Lipinski definition) is 8. The van der Waals surface area contributed by atoms with Gasteiger partial charge in [-0.1, -0.05) is 87.5 Å². The van der Waals surface area contributed by atoms with Gasteiger partial charge >= 0.3 is 0 Å². The highest BCUT2D eigenvalue weighted by Gasteiger charge is 2.41. The van der Waals surface area contributed by atoms with E-state index in [2.05, 4.69) is 33.9 Å². The molecule has 0 amide bonds. The smallest absolute Gasteiger partial charge is 0.192 e. The fourth-order valence-electron chi connectivity index (χ4n) is 5.39. The second-order valence-corrected chi connectivity index (χ2v) is 20.5. The summed E-state index contributed by atoms with van der Waals surface area (Å²) < 4.78 is 36.2. The Kier molecular flexibility index (Phi) is 17.1. The summed E-state index contributed by atoms with van der Waals surface area (Å²) in [5.41, 5.74) is 2.26. The number of carbonyl (C=O) groups is 2. The molecule has 3 aromatic rings. The van der Waals surface area contributed by atoms with Gasteiger partial charge < -0.3 is 28.1 Å². The van der Waals surface area contributed by atoms with E-state index in [0.29, 0.717) is 32.8 Å². The summed E-state index contributed by atoms with van der Waals surface area (Å²) >= 11 is 0. The molecule has 0 fully saturated rings. The van der Waals surface area contributed by atoms with Gasteiger partial charge in [0.2, 0.25) is 0 Å². The van der Waals surface area contributed by atoms with Crippen LogP contribution in [0.15, 0.2) is 91.0 Å². The van der Waals surface area contributed by atoms with Crippen molar-refractivity contribution in [3.63, 3.8) is 0 Å². The van der Waals surface area contributed by atoms with E-state index in [4.69, 9.17) is 28.1 Å². The minimum absolute atomic E-state index is 0.0821. The van der Waals surface area contributed by atoms with E-state index in [0.717, 1.165) is 28.2 Å². The molecule has 0 spiro atoms. The zero-order chi connectivity index (χ0) is 39.1. The number of allylic oxidation sites excluding steroid dienone is 1. The second-order valence-electron chi connectivity index (χ2n) is 15.8. The van der Waals surface area contributed by atoms with Gasteiger partial charge in [0.15, 0.2) is 8.32 Å². The average Bonchev–Trinajstić information content (AvgIpc) is 3.12. The maximum absolute atomic E-state index is 13.7. The summed E-state index contributed by atoms with van der Waals surface area (Å²) in [6, 6.07) is 25.5. The van der Waals surface area contributed by atoms with Gasteiger partial charge in [-0.05, 0) is 79.9 Å². The minimum atomic E-state index is -2.32. The van der Waals surface area contributed by atoms with Crippen LogP contribution in [0.5, 0.6) is 11.5 Å². The SMILES string of the molecule is COc1ccc(COCC=CC(C)(C)C(=O)CC(=O)C[C@@H](C[C@@H](OCc2ccc(OC)cc2)[C@@H](C)OCc2ccccc2)O[Si](C)(C)C(C)(C)C)cc1. The number of benzene rings is 3. The van der Waals surface area contributed by atoms with E-state index in [9.17, 15) is 9.59 Å². The molecule has 0 N–H and O–H groups in total. The lowest BCUT2D eigenvalue weighted by molar-refractivity contribution is -0.132. The van der Waals surface area contributed by atoms with Crippen molar-refractivity contribution in [2.75, 3.05) is 20.8 Å². The maximum atomic E-state index is 13.7. The van der Waals surface area contributed by atoms with Gasteiger partial charge in [0.25, 0.3) is 0 Å². The van der Waals surface area contributed by atoms with Gasteiger partial charge in [0.05, 0.1) is 65.4 Å². The molecular formula is C44H62O8Si. The number of hydrogen-bond donors (Lipinski definition) is 0. The molecule has 0 aliphatic heterocycles. The highest BCUT2D eigenvalue weighted by atomic mass is 28.4. The first kappa shape index (κ1) is 43.8. The first-order valence-electron chi connectivity index (χ1n) is 18.5. The standard InChI is InChI=1S/C44H62O8Si/c1-33(50-31-34-15-12-11-13-16-34)41(51-32-36-19-23-39(48-8)24-20-36)29-40(52-53(9,10)43(2,3)4)27-37(45)28-42(46)44(5,6)25-14-26-49-30-35-17-21-38(47-7)22-18-35/h11-25,33,40-41H,26-32H2,1-10H3/t33-,40+,41-/m1/s1. The number of methoxy groups -OCH3 is 2. The van der Waals surface area contributed by atoms with Crippen LogP contribution in [0.1, 0.15) is 77.5 Å². The summed E-state index contributed by atoms with van der Waals surface area (Å²) in [6.07, 6.45) is 2.91. The Balaban J connectivity index is 1.71. The van der Waals surface area contributed by atoms with Crippen molar-refractivity contribution in [2.24, 2.45) is 5.41 Å². The molecule has 0 saturated carbocycles. The Bertz CT molecular complexity index is 1560. The van der Waals surface area contributed by atoms with Gasteiger partial charge in [-0.2, -0.15) is 0 Å². The molecule has 290 valence electrons. The number of Topliss-reactive ketones (excluding diaryl/α,β-unsaturated/α-hetero) is 2. The highest BCUT2D eigenvalue weighted by Crippen LogP contribution is 2.38. The lowest BCUT2D eigenvalue weighted by Crippen LogP contribution is -2.46. The van der Waals surface area contributed by atoms with E-state index in [1.807, 2.05) is 112 Å². The predicted molar refractivity (Wildman–Crippen MR) is 214 cm³/mol. The molecule has 0 aliphatic carbocycles. The molecule has 3 atom stereocenters. The molecule has 3 aromatic carbocycles. The van der Waals surface area contributed by atoms with Crippen molar-refractivity contribution in [2.45, 2.75) is 117 Å². The third-order valence-corrected chi connectivity index (χ3v) is 14.5. The molecule has 3 rings (SSSR count). The summed E-state index contributed by atoms with van der Waals surface area (Å²) in [5, 5.41) is -0.0821. The Morgan fingerprint density at radius 1 is 0.736 bits per heavy atom. The van der Waals surface area contributed by atoms with E-state index >= 15 is 0 Å². The molecule has 0 aromatic heterocycles. The molecule has 53 heavy (non-hydrogen) atoms. The van der Waals surface area contributed by atoms with Gasteiger partial charge in [-0.15, -0.1) is 0 Å². The van der Waals surface area contributed by atoms with Gasteiger partial charge in [-0.25, -0.2) is 0 Å². The number of rotatable bonds is 23. The van der Waals surface area contributed by atoms with Crippen molar-refractivity contribution in [3.8, 4) is 11.5 Å². The second kappa shape index (κ2) is 20.7. The first-order valence-corrected chi connectivity index (χ1v) is 21.4. The van der Waals surface area contributed by atoms with E-state index in [-0.39, 0.29) is 41.7 Å². The fraction of sp³-hybridized carbons (Fsp3) is 0.500. The summed E-state index contributed by atoms with van der Waals surface area (Å²) in [4.78, 5) is 27.2. The molecule has 8 nitrogen and oxygen atoms in total. The molecule has 0 radical (unpaired) electrons. The zero-order valence-electron chi connectivity index (χ0n) is 33.6. The van der Waals surface area contributed by atoms with Crippen LogP contribution >= 0.6 is 0 Å². The fourth-order valence-corrected chi connectivity index (χ4v) is 6.76. The third-order valence-electron chi connectivity index (χ3n) is 9.97. The monoisotopic (exact) mass is 746 g/mol. The minimum Gasteiger partial charge on any atom is -0.497 e. The molecule has 0 saturated heterocycles. The van der Waals surface area contributed by atoms with Crippen LogP contribution in [0.4, 0.5) is 0 Å². The predicted octanol–water partition coefficient (Wildman–Crippen LogP) is 9.69. The quantitative estimate of drug-likeness (QED) is 0.0410. The van der Waals surface area contributed by atoms with Crippen LogP contribution in [0.2, 0.25) is 18.1 Å². The highest BCUT2D eigenvalue weighted by molar-refractivity contribution is 6.74. The Hall–Kier alpha value is -3.60. The van der Waals surface area contributed by atoms with Gasteiger partial charge in [0, 0.05) is 18.3 Å². The van der Waals surface area contributed by atoms with Gasteiger partial charge in [0.1, 0.15) is 23.1 Å². The number of ketones is 2. The van der Waals surface area contributed by atoms with Crippen molar-refractivity contribution in [1.82, 2.24) is 0 Å². The zero-order valence-corrected chi connectivity index (χ0v) is 34.6. The molecule has 0 aliphatic rings. The largest absolute Gasteiger partial charge is 0.497 e. The van der Waals surface area contributed by atoms with Crippen molar-refractivity contribution >= 4 is 19.9 Å². The molecule has 0 heterocycles. The molecule has 0 bridgehead atoms. The lowest BCUT2D eigenvalue weighted by atomic mass is 9.84.